The van der Waals surface area contributed by atoms with Gasteiger partial charge in [0.15, 0.2) is 0 Å². The number of nitrogens with zero attached hydrogens (tertiary/aromatic N) is 2. The van der Waals surface area contributed by atoms with Crippen molar-refractivity contribution in [3.63, 3.8) is 0 Å². The lowest BCUT2D eigenvalue weighted by Crippen LogP contribution is -2.31. The van der Waals surface area contributed by atoms with Gasteiger partial charge in [0.05, 0.1) is 26.2 Å². The zero-order valence-electron chi connectivity index (χ0n) is 27.8. The number of benzene rings is 4. The highest BCUT2D eigenvalue weighted by Gasteiger charge is 2.26. The van der Waals surface area contributed by atoms with Crippen molar-refractivity contribution in [2.75, 3.05) is 5.32 Å². The van der Waals surface area contributed by atoms with Crippen LogP contribution in [0.25, 0.3) is 21.8 Å². The first kappa shape index (κ1) is 38.8. The number of ether oxygens (including phenoxy) is 1. The fraction of sp³-hybridized carbons (Fsp3) is 0.206. The minimum Gasteiger partial charge on any atom is -0.722 e. The number of rotatable bonds is 8. The van der Waals surface area contributed by atoms with E-state index in [1.807, 2.05) is 54.1 Å². The summed E-state index contributed by atoms with van der Waals surface area (Å²) < 4.78 is 66.8. The lowest BCUT2D eigenvalue weighted by atomic mass is 9.98. The zero-order chi connectivity index (χ0) is 38.0. The Kier molecular flexibility index (Phi) is 11.5. The SMILES string of the molecule is Cc1cc(S(=O)(=O)Cl)cc(C)c1NC(=O)CCc1ccc2c(c1)c(C(=O)Oc1c(C)cc([N+](=O)[O-])cc1C)c1ccccc1[n+]2C.O=S(=O)([O-])F. The van der Waals surface area contributed by atoms with E-state index in [-0.39, 0.29) is 28.7 Å². The summed E-state index contributed by atoms with van der Waals surface area (Å²) in [5.41, 5.74) is 5.24. The van der Waals surface area contributed by atoms with E-state index >= 15 is 0 Å². The molecule has 0 bridgehead atoms. The number of carbonyl (C=O) groups is 2. The van der Waals surface area contributed by atoms with Crippen LogP contribution in [0.4, 0.5) is 15.3 Å². The molecular weight excluding hydrogens is 729 g/mol. The van der Waals surface area contributed by atoms with Gasteiger partial charge in [-0.2, -0.15) is 4.57 Å². The normalized spacial score (nSPS) is 11.5. The fourth-order valence-corrected chi connectivity index (χ4v) is 6.67. The van der Waals surface area contributed by atoms with Crippen LogP contribution in [0.3, 0.4) is 0 Å². The monoisotopic (exact) mass is 759 g/mol. The maximum Gasteiger partial charge on any atom is 0.345 e. The van der Waals surface area contributed by atoms with E-state index in [1.165, 1.54) is 24.3 Å². The van der Waals surface area contributed by atoms with Crippen LogP contribution in [0.15, 0.2) is 71.6 Å². The average molecular weight is 760 g/mol. The smallest absolute Gasteiger partial charge is 0.345 e. The second-order valence-corrected chi connectivity index (χ2v) is 15.0. The van der Waals surface area contributed by atoms with E-state index in [2.05, 4.69) is 5.32 Å². The van der Waals surface area contributed by atoms with E-state index < -0.39 is 30.4 Å². The van der Waals surface area contributed by atoms with Gasteiger partial charge in [0, 0.05) is 47.1 Å². The van der Waals surface area contributed by atoms with E-state index in [4.69, 9.17) is 28.4 Å². The molecule has 1 amide bonds. The first-order valence-corrected chi connectivity index (χ1v) is 18.6. The summed E-state index contributed by atoms with van der Waals surface area (Å²) in [7, 11) is -1.93. The Morgan fingerprint density at radius 1 is 0.882 bits per heavy atom. The standard InChI is InChI=1S/C34H30ClN3O7S.FHO3S/c1-19-16-25(46(35,43)44)17-20(2)32(19)36-30(39)13-11-23-10-12-29-27(18-23)31(26-8-6-7-9-28(26)37(29)5)34(40)45-33-21(3)14-24(38(41)42)15-22(33)4;1-5(2,3)4/h6-10,12,14-18H,11,13H2,1-5H3;(H,2,3,4). The van der Waals surface area contributed by atoms with Crippen molar-refractivity contribution in [2.45, 2.75) is 45.4 Å². The van der Waals surface area contributed by atoms with Crippen molar-refractivity contribution in [1.82, 2.24) is 0 Å². The van der Waals surface area contributed by atoms with Crippen LogP contribution in [0.1, 0.15) is 44.6 Å². The molecule has 0 atom stereocenters. The second-order valence-electron chi connectivity index (χ2n) is 11.7. The minimum atomic E-state index is -5.42. The number of hydrogen-bond donors (Lipinski definition) is 1. The molecule has 0 aliphatic carbocycles. The van der Waals surface area contributed by atoms with Crippen molar-refractivity contribution in [2.24, 2.45) is 7.05 Å². The number of non-ortho nitro benzene ring substituents is 1. The Morgan fingerprint density at radius 2 is 1.43 bits per heavy atom. The summed E-state index contributed by atoms with van der Waals surface area (Å²) in [6.45, 7) is 6.71. The molecule has 51 heavy (non-hydrogen) atoms. The van der Waals surface area contributed by atoms with Crippen molar-refractivity contribution < 1.29 is 49.1 Å². The Balaban J connectivity index is 0.00000109. The van der Waals surface area contributed by atoms with Crippen molar-refractivity contribution >= 4 is 75.3 Å². The maximum atomic E-state index is 13.9. The molecular formula is C34H31ClFN3O10S2. The number of esters is 1. The minimum absolute atomic E-state index is 0.0350. The van der Waals surface area contributed by atoms with Gasteiger partial charge in [-0.1, -0.05) is 18.2 Å². The Hall–Kier alpha value is -5.03. The third kappa shape index (κ3) is 9.40. The number of fused-ring (bicyclic) bond motifs is 2. The van der Waals surface area contributed by atoms with Gasteiger partial charge in [0.1, 0.15) is 12.8 Å². The van der Waals surface area contributed by atoms with Gasteiger partial charge < -0.3 is 14.6 Å². The Bertz CT molecular complexity index is 2420. The van der Waals surface area contributed by atoms with Crippen LogP contribution in [0, 0.1) is 37.8 Å². The van der Waals surface area contributed by atoms with Gasteiger partial charge >= 0.3 is 5.97 Å². The van der Waals surface area contributed by atoms with Gasteiger partial charge in [-0.3, -0.25) is 14.9 Å². The topological polar surface area (TPSA) is 194 Å². The molecule has 17 heteroatoms. The van der Waals surface area contributed by atoms with Gasteiger partial charge in [-0.05, 0) is 86.2 Å². The van der Waals surface area contributed by atoms with Crippen LogP contribution in [0.2, 0.25) is 0 Å². The number of amides is 1. The van der Waals surface area contributed by atoms with E-state index in [0.717, 1.165) is 16.6 Å². The molecule has 1 N–H and O–H groups in total. The van der Waals surface area contributed by atoms with Gasteiger partial charge in [0.25, 0.3) is 25.2 Å². The molecule has 0 saturated carbocycles. The van der Waals surface area contributed by atoms with Crippen LogP contribution < -0.4 is 14.6 Å². The highest BCUT2D eigenvalue weighted by Crippen LogP contribution is 2.32. The van der Waals surface area contributed by atoms with Gasteiger partial charge in [-0.15, -0.1) is 3.89 Å². The molecule has 13 nitrogen and oxygen atoms in total. The van der Waals surface area contributed by atoms with Crippen LogP contribution in [-0.4, -0.2) is 38.2 Å². The van der Waals surface area contributed by atoms with Crippen molar-refractivity contribution in [3.05, 3.63) is 110 Å². The molecule has 1 aromatic heterocycles. The lowest BCUT2D eigenvalue weighted by Gasteiger charge is -2.14. The number of aryl methyl sites for hydroxylation is 6. The van der Waals surface area contributed by atoms with Gasteiger partial charge in [0.2, 0.25) is 16.9 Å². The van der Waals surface area contributed by atoms with Crippen molar-refractivity contribution in [1.29, 1.82) is 0 Å². The number of halogens is 2. The molecule has 268 valence electrons. The van der Waals surface area contributed by atoms with E-state index in [9.17, 15) is 32.0 Å². The molecule has 0 spiro atoms. The fourth-order valence-electron chi connectivity index (χ4n) is 5.76. The molecule has 1 heterocycles. The van der Waals surface area contributed by atoms with Crippen LogP contribution in [0.5, 0.6) is 5.75 Å². The summed E-state index contributed by atoms with van der Waals surface area (Å²) in [5, 5.41) is 15.5. The molecule has 0 radical (unpaired) electrons. The van der Waals surface area contributed by atoms with Crippen molar-refractivity contribution in [3.8, 4) is 5.75 Å². The van der Waals surface area contributed by atoms with E-state index in [1.54, 1.807) is 27.7 Å². The average Bonchev–Trinajstić information content (AvgIpc) is 3.02. The number of aromatic nitrogens is 1. The highest BCUT2D eigenvalue weighted by atomic mass is 35.7. The van der Waals surface area contributed by atoms with Crippen LogP contribution in [-0.2, 0) is 37.8 Å². The summed E-state index contributed by atoms with van der Waals surface area (Å²) in [6.07, 6.45) is 0.486. The third-order valence-electron chi connectivity index (χ3n) is 7.97. The number of carbonyl (C=O) groups excluding carboxylic acids is 2. The molecule has 0 fully saturated rings. The first-order chi connectivity index (χ1) is 23.6. The maximum absolute atomic E-state index is 13.9. The molecule has 5 rings (SSSR count). The molecule has 4 aromatic carbocycles. The lowest BCUT2D eigenvalue weighted by molar-refractivity contribution is -0.617. The van der Waals surface area contributed by atoms with Crippen LogP contribution >= 0.6 is 10.7 Å². The molecule has 0 unspecified atom stereocenters. The molecule has 0 saturated heterocycles. The van der Waals surface area contributed by atoms with Gasteiger partial charge in [-0.25, -0.2) is 21.6 Å². The number of para-hydroxylation sites is 1. The summed E-state index contributed by atoms with van der Waals surface area (Å²) in [4.78, 5) is 37.7. The molecule has 0 aliphatic rings. The number of nitro groups is 1. The summed E-state index contributed by atoms with van der Waals surface area (Å²) in [6, 6.07) is 18.7. The highest BCUT2D eigenvalue weighted by molar-refractivity contribution is 8.13. The summed E-state index contributed by atoms with van der Waals surface area (Å²) >= 11 is 0. The second kappa shape index (κ2) is 15.1. The van der Waals surface area contributed by atoms with E-state index in [0.29, 0.717) is 50.7 Å². The molecule has 0 aliphatic heterocycles. The number of nitrogens with one attached hydrogen (secondary N) is 1. The Labute approximate surface area is 297 Å². The number of nitro benzene ring substituents is 1. The Morgan fingerprint density at radius 3 is 1.98 bits per heavy atom. The zero-order valence-corrected chi connectivity index (χ0v) is 30.2. The third-order valence-corrected chi connectivity index (χ3v) is 9.31. The number of pyridine rings is 1. The number of anilines is 1. The number of hydrogen-bond acceptors (Lipinski definition) is 10. The first-order valence-electron chi connectivity index (χ1n) is 15.0. The quantitative estimate of drug-likeness (QED) is 0.0283. The largest absolute Gasteiger partial charge is 0.722 e. The predicted octanol–water partition coefficient (Wildman–Crippen LogP) is 6.09. The molecule has 5 aromatic rings. The summed E-state index contributed by atoms with van der Waals surface area (Å²) in [5.74, 6) is -0.609. The predicted molar refractivity (Wildman–Crippen MR) is 187 cm³/mol.